The van der Waals surface area contributed by atoms with Gasteiger partial charge in [0.2, 0.25) is 0 Å². The molecule has 0 aliphatic heterocycles. The van der Waals surface area contributed by atoms with Gasteiger partial charge in [-0.2, -0.15) is 0 Å². The van der Waals surface area contributed by atoms with E-state index < -0.39 is 0 Å². The summed E-state index contributed by atoms with van der Waals surface area (Å²) in [6.07, 6.45) is 6.07. The Morgan fingerprint density at radius 3 is 2.53 bits per heavy atom. The van der Waals surface area contributed by atoms with E-state index in [0.717, 1.165) is 42.5 Å². The molecule has 1 aromatic rings. The van der Waals surface area contributed by atoms with Gasteiger partial charge in [-0.1, -0.05) is 11.2 Å². The number of rotatable bonds is 3. The van der Waals surface area contributed by atoms with Crippen LogP contribution in [-0.2, 0) is 0 Å². The summed E-state index contributed by atoms with van der Waals surface area (Å²) < 4.78 is 10.5. The van der Waals surface area contributed by atoms with Crippen molar-refractivity contribution in [2.75, 3.05) is 14.2 Å². The molecule has 0 heterocycles. The number of allylic oxidation sites excluding steroid dienone is 1. The smallest absolute Gasteiger partial charge is 0.161 e. The lowest BCUT2D eigenvalue weighted by atomic mass is 9.91. The van der Waals surface area contributed by atoms with Gasteiger partial charge in [0.25, 0.3) is 0 Å². The summed E-state index contributed by atoms with van der Waals surface area (Å²) in [6, 6.07) is 5.78. The molecule has 0 amide bonds. The monoisotopic (exact) mass is 261 g/mol. The van der Waals surface area contributed by atoms with Crippen molar-refractivity contribution in [3.8, 4) is 11.5 Å². The van der Waals surface area contributed by atoms with E-state index in [1.807, 2.05) is 18.2 Å². The van der Waals surface area contributed by atoms with Crippen molar-refractivity contribution >= 4 is 11.8 Å². The molecule has 0 radical (unpaired) electrons. The van der Waals surface area contributed by atoms with Crippen LogP contribution in [-0.4, -0.2) is 25.1 Å². The van der Waals surface area contributed by atoms with E-state index in [1.54, 1.807) is 14.2 Å². The lowest BCUT2D eigenvalue weighted by molar-refractivity contribution is 0.316. The molecule has 4 heteroatoms. The highest BCUT2D eigenvalue weighted by Gasteiger charge is 2.14. The summed E-state index contributed by atoms with van der Waals surface area (Å²) in [6.45, 7) is 0. The quantitative estimate of drug-likeness (QED) is 0.669. The first-order valence-electron chi connectivity index (χ1n) is 6.42. The zero-order valence-corrected chi connectivity index (χ0v) is 11.3. The highest BCUT2D eigenvalue weighted by atomic mass is 16.5. The van der Waals surface area contributed by atoms with Crippen molar-refractivity contribution < 1.29 is 14.7 Å². The maximum atomic E-state index is 9.02. The molecule has 0 spiro atoms. The normalized spacial score (nSPS) is 19.7. The highest BCUT2D eigenvalue weighted by Crippen LogP contribution is 2.30. The Morgan fingerprint density at radius 1 is 1.11 bits per heavy atom. The second kappa shape index (κ2) is 6.27. The van der Waals surface area contributed by atoms with Crippen molar-refractivity contribution in [3.63, 3.8) is 0 Å². The molecule has 1 aliphatic carbocycles. The highest BCUT2D eigenvalue weighted by molar-refractivity contribution is 6.03. The SMILES string of the molecule is COc1ccc(C=C2CCCCC2=NO)cc1OC. The molecule has 1 aliphatic rings. The van der Waals surface area contributed by atoms with E-state index in [1.165, 1.54) is 0 Å². The largest absolute Gasteiger partial charge is 0.493 e. The number of oxime groups is 1. The van der Waals surface area contributed by atoms with Gasteiger partial charge in [-0.3, -0.25) is 0 Å². The van der Waals surface area contributed by atoms with Gasteiger partial charge in [-0.15, -0.1) is 0 Å². The maximum absolute atomic E-state index is 9.02. The Morgan fingerprint density at radius 2 is 1.84 bits per heavy atom. The van der Waals surface area contributed by atoms with Crippen molar-refractivity contribution in [3.05, 3.63) is 29.3 Å². The van der Waals surface area contributed by atoms with Crippen LogP contribution in [0.5, 0.6) is 11.5 Å². The number of hydrogen-bond acceptors (Lipinski definition) is 4. The summed E-state index contributed by atoms with van der Waals surface area (Å²) in [7, 11) is 3.24. The van der Waals surface area contributed by atoms with Crippen molar-refractivity contribution in [2.45, 2.75) is 25.7 Å². The predicted molar refractivity (Wildman–Crippen MR) is 75.2 cm³/mol. The van der Waals surface area contributed by atoms with Crippen LogP contribution in [0.25, 0.3) is 6.08 Å². The van der Waals surface area contributed by atoms with E-state index in [-0.39, 0.29) is 0 Å². The summed E-state index contributed by atoms with van der Waals surface area (Å²) in [5.41, 5.74) is 2.91. The van der Waals surface area contributed by atoms with Gasteiger partial charge in [0.05, 0.1) is 19.9 Å². The molecule has 2 rings (SSSR count). The molecule has 1 fully saturated rings. The Balaban J connectivity index is 2.31. The first kappa shape index (κ1) is 13.5. The van der Waals surface area contributed by atoms with Crippen molar-refractivity contribution in [1.82, 2.24) is 0 Å². The van der Waals surface area contributed by atoms with Crippen molar-refractivity contribution in [2.24, 2.45) is 5.16 Å². The van der Waals surface area contributed by atoms with E-state index in [9.17, 15) is 0 Å². The Hall–Kier alpha value is -1.97. The van der Waals surface area contributed by atoms with Crippen LogP contribution in [0, 0.1) is 0 Å². The summed E-state index contributed by atoms with van der Waals surface area (Å²) in [4.78, 5) is 0. The number of methoxy groups -OCH3 is 2. The Bertz CT molecular complexity index is 506. The Labute approximate surface area is 113 Å². The minimum Gasteiger partial charge on any atom is -0.493 e. The second-order valence-electron chi connectivity index (χ2n) is 4.54. The zero-order valence-electron chi connectivity index (χ0n) is 11.3. The molecule has 0 aromatic heterocycles. The fourth-order valence-electron chi connectivity index (χ4n) is 2.33. The predicted octanol–water partition coefficient (Wildman–Crippen LogP) is 3.49. The van der Waals surface area contributed by atoms with Crippen LogP contribution in [0.4, 0.5) is 0 Å². The van der Waals surface area contributed by atoms with Gasteiger partial charge < -0.3 is 14.7 Å². The minimum atomic E-state index is 0.704. The van der Waals surface area contributed by atoms with Gasteiger partial charge >= 0.3 is 0 Å². The van der Waals surface area contributed by atoms with Gasteiger partial charge in [0, 0.05) is 0 Å². The van der Waals surface area contributed by atoms with Gasteiger partial charge in [0.15, 0.2) is 11.5 Å². The van der Waals surface area contributed by atoms with E-state index >= 15 is 0 Å². The number of ether oxygens (including phenoxy) is 2. The van der Waals surface area contributed by atoms with Crippen LogP contribution in [0.3, 0.4) is 0 Å². The lowest BCUT2D eigenvalue weighted by Crippen LogP contribution is -2.08. The van der Waals surface area contributed by atoms with Gasteiger partial charge in [-0.05, 0) is 55.0 Å². The standard InChI is InChI=1S/C15H19NO3/c1-18-14-8-7-11(10-15(14)19-2)9-12-5-3-4-6-13(12)16-17/h7-10,17H,3-6H2,1-2H3. The fourth-order valence-corrected chi connectivity index (χ4v) is 2.33. The first-order chi connectivity index (χ1) is 9.28. The average Bonchev–Trinajstić information content (AvgIpc) is 2.47. The number of nitrogens with zero attached hydrogens (tertiary/aromatic N) is 1. The number of benzene rings is 1. The molecule has 0 bridgehead atoms. The molecule has 0 unspecified atom stereocenters. The van der Waals surface area contributed by atoms with E-state index in [0.29, 0.717) is 11.5 Å². The van der Waals surface area contributed by atoms with E-state index in [4.69, 9.17) is 14.7 Å². The van der Waals surface area contributed by atoms with Crippen LogP contribution in [0.15, 0.2) is 28.9 Å². The van der Waals surface area contributed by atoms with Gasteiger partial charge in [0.1, 0.15) is 0 Å². The second-order valence-corrected chi connectivity index (χ2v) is 4.54. The molecular formula is C15H19NO3. The molecule has 19 heavy (non-hydrogen) atoms. The average molecular weight is 261 g/mol. The molecule has 4 nitrogen and oxygen atoms in total. The van der Waals surface area contributed by atoms with Crippen molar-refractivity contribution in [1.29, 1.82) is 0 Å². The molecule has 102 valence electrons. The molecule has 1 N–H and O–H groups in total. The summed E-state index contributed by atoms with van der Waals surface area (Å²) in [5.74, 6) is 1.42. The first-order valence-corrected chi connectivity index (χ1v) is 6.42. The summed E-state index contributed by atoms with van der Waals surface area (Å²) in [5, 5.41) is 12.4. The lowest BCUT2D eigenvalue weighted by Gasteiger charge is -2.15. The van der Waals surface area contributed by atoms with E-state index in [2.05, 4.69) is 11.2 Å². The Kier molecular flexibility index (Phi) is 4.44. The van der Waals surface area contributed by atoms with Gasteiger partial charge in [-0.25, -0.2) is 0 Å². The molecule has 0 saturated heterocycles. The van der Waals surface area contributed by atoms with Crippen LogP contribution in [0.1, 0.15) is 31.2 Å². The molecule has 1 saturated carbocycles. The molecular weight excluding hydrogens is 242 g/mol. The van der Waals surface area contributed by atoms with Crippen LogP contribution >= 0.6 is 0 Å². The third kappa shape index (κ3) is 3.08. The number of hydrogen-bond donors (Lipinski definition) is 1. The third-order valence-corrected chi connectivity index (χ3v) is 3.35. The topological polar surface area (TPSA) is 51.0 Å². The van der Waals surface area contributed by atoms with Crippen LogP contribution in [0.2, 0.25) is 0 Å². The fraction of sp³-hybridized carbons (Fsp3) is 0.400. The maximum Gasteiger partial charge on any atom is 0.161 e. The third-order valence-electron chi connectivity index (χ3n) is 3.35. The molecule has 1 aromatic carbocycles. The summed E-state index contributed by atoms with van der Waals surface area (Å²) >= 11 is 0. The van der Waals surface area contributed by atoms with Crippen LogP contribution < -0.4 is 9.47 Å². The molecule has 0 atom stereocenters. The minimum absolute atomic E-state index is 0.704. The zero-order chi connectivity index (χ0) is 13.7.